The number of nitrogens with zero attached hydrogens (tertiary/aromatic N) is 1. The summed E-state index contributed by atoms with van der Waals surface area (Å²) < 4.78 is 5.57. The maximum Gasteiger partial charge on any atom is 0.223 e. The smallest absolute Gasteiger partial charge is 0.223 e. The lowest BCUT2D eigenvalue weighted by molar-refractivity contribution is -0.130. The Labute approximate surface area is 114 Å². The Morgan fingerprint density at radius 3 is 2.74 bits per heavy atom. The zero-order valence-electron chi connectivity index (χ0n) is 11.4. The Balaban J connectivity index is 1.65. The van der Waals surface area contributed by atoms with Crippen LogP contribution in [0.1, 0.15) is 19.3 Å². The van der Waals surface area contributed by atoms with Gasteiger partial charge in [-0.3, -0.25) is 4.79 Å². The molecule has 2 rings (SSSR count). The third-order valence-corrected chi connectivity index (χ3v) is 3.50. The third-order valence-electron chi connectivity index (χ3n) is 3.50. The molecule has 0 bridgehead atoms. The number of hydrogen-bond acceptors (Lipinski definition) is 3. The number of para-hydroxylation sites is 1. The summed E-state index contributed by atoms with van der Waals surface area (Å²) in [5.74, 6) is 1.51. The summed E-state index contributed by atoms with van der Waals surface area (Å²) in [5, 5.41) is 0. The molecule has 0 spiro atoms. The zero-order chi connectivity index (χ0) is 13.7. The highest BCUT2D eigenvalue weighted by molar-refractivity contribution is 5.76. The average molecular weight is 262 g/mol. The summed E-state index contributed by atoms with van der Waals surface area (Å²) in [6.45, 7) is 1.09. The second-order valence-electron chi connectivity index (χ2n) is 5.18. The molecule has 0 radical (unpaired) electrons. The molecule has 4 heteroatoms. The van der Waals surface area contributed by atoms with Gasteiger partial charge in [-0.25, -0.2) is 0 Å². The fourth-order valence-corrected chi connectivity index (χ4v) is 1.99. The first-order valence-corrected chi connectivity index (χ1v) is 6.84. The average Bonchev–Trinajstić information content (AvgIpc) is 3.24. The first-order chi connectivity index (χ1) is 9.16. The van der Waals surface area contributed by atoms with Gasteiger partial charge in [0.05, 0.1) is 6.54 Å². The number of ether oxygens (including phenoxy) is 1. The fraction of sp³-hybridized carbons (Fsp3) is 0.533. The molecule has 1 amide bonds. The number of likely N-dealkylation sites (N-methyl/N-ethyl adjacent to an activating group) is 1. The van der Waals surface area contributed by atoms with Crippen LogP contribution in [0.4, 0.5) is 0 Å². The lowest BCUT2D eigenvalue weighted by atomic mass is 10.1. The molecule has 0 saturated heterocycles. The lowest BCUT2D eigenvalue weighted by Crippen LogP contribution is -2.36. The van der Waals surface area contributed by atoms with Crippen molar-refractivity contribution in [1.82, 2.24) is 4.90 Å². The van der Waals surface area contributed by atoms with Crippen LogP contribution in [0.15, 0.2) is 30.3 Å². The first-order valence-electron chi connectivity index (χ1n) is 6.84. The van der Waals surface area contributed by atoms with Crippen molar-refractivity contribution in [3.8, 4) is 5.75 Å². The van der Waals surface area contributed by atoms with E-state index in [1.165, 1.54) is 12.8 Å². The zero-order valence-corrected chi connectivity index (χ0v) is 11.4. The summed E-state index contributed by atoms with van der Waals surface area (Å²) >= 11 is 0. The molecule has 1 unspecified atom stereocenters. The number of carbonyl (C=O) groups excluding carboxylic acids is 1. The van der Waals surface area contributed by atoms with E-state index in [4.69, 9.17) is 10.5 Å². The molecule has 1 aromatic carbocycles. The fourth-order valence-electron chi connectivity index (χ4n) is 1.99. The molecule has 0 aliphatic heterocycles. The van der Waals surface area contributed by atoms with Gasteiger partial charge in [0, 0.05) is 19.5 Å². The minimum absolute atomic E-state index is 0.0324. The second kappa shape index (κ2) is 6.57. The van der Waals surface area contributed by atoms with Crippen LogP contribution in [0, 0.1) is 5.92 Å². The SMILES string of the molecule is CN(CCOc1ccccc1)C(=O)CC(N)C1CC1. The van der Waals surface area contributed by atoms with Crippen LogP contribution in [0.25, 0.3) is 0 Å². The Morgan fingerprint density at radius 1 is 1.42 bits per heavy atom. The molecule has 0 heterocycles. The maximum atomic E-state index is 11.9. The molecule has 1 saturated carbocycles. The van der Waals surface area contributed by atoms with Crippen molar-refractivity contribution in [3.05, 3.63) is 30.3 Å². The van der Waals surface area contributed by atoms with E-state index in [-0.39, 0.29) is 11.9 Å². The van der Waals surface area contributed by atoms with Crippen molar-refractivity contribution < 1.29 is 9.53 Å². The minimum Gasteiger partial charge on any atom is -0.492 e. The molecule has 104 valence electrons. The van der Waals surface area contributed by atoms with Gasteiger partial charge in [-0.1, -0.05) is 18.2 Å². The molecule has 2 N–H and O–H groups in total. The normalized spacial score (nSPS) is 15.9. The Hall–Kier alpha value is -1.55. The van der Waals surface area contributed by atoms with Crippen LogP contribution >= 0.6 is 0 Å². The number of nitrogens with two attached hydrogens (primary N) is 1. The van der Waals surface area contributed by atoms with Crippen molar-refractivity contribution >= 4 is 5.91 Å². The number of amides is 1. The Morgan fingerprint density at radius 2 is 2.11 bits per heavy atom. The van der Waals surface area contributed by atoms with E-state index in [1.54, 1.807) is 11.9 Å². The van der Waals surface area contributed by atoms with Crippen molar-refractivity contribution in [2.75, 3.05) is 20.2 Å². The highest BCUT2D eigenvalue weighted by atomic mass is 16.5. The number of carbonyl (C=O) groups is 1. The number of benzene rings is 1. The topological polar surface area (TPSA) is 55.6 Å². The van der Waals surface area contributed by atoms with E-state index in [2.05, 4.69) is 0 Å². The molecule has 1 fully saturated rings. The monoisotopic (exact) mass is 262 g/mol. The number of hydrogen-bond donors (Lipinski definition) is 1. The van der Waals surface area contributed by atoms with Crippen LogP contribution in [0.3, 0.4) is 0 Å². The lowest BCUT2D eigenvalue weighted by Gasteiger charge is -2.19. The predicted octanol–water partition coefficient (Wildman–Crippen LogP) is 1.65. The molecular formula is C15H22N2O2. The maximum absolute atomic E-state index is 11.9. The van der Waals surface area contributed by atoms with Gasteiger partial charge in [-0.05, 0) is 30.9 Å². The summed E-state index contributed by atoms with van der Waals surface area (Å²) in [6, 6.07) is 9.65. The first kappa shape index (κ1) is 13.9. The van der Waals surface area contributed by atoms with E-state index >= 15 is 0 Å². The summed E-state index contributed by atoms with van der Waals surface area (Å²) in [7, 11) is 1.80. The van der Waals surface area contributed by atoms with E-state index in [1.807, 2.05) is 30.3 Å². The van der Waals surface area contributed by atoms with Crippen LogP contribution in [-0.4, -0.2) is 37.0 Å². The van der Waals surface area contributed by atoms with Gasteiger partial charge in [-0.2, -0.15) is 0 Å². The van der Waals surface area contributed by atoms with Crippen LogP contribution < -0.4 is 10.5 Å². The van der Waals surface area contributed by atoms with Gasteiger partial charge in [-0.15, -0.1) is 0 Å². The van der Waals surface area contributed by atoms with Gasteiger partial charge in [0.25, 0.3) is 0 Å². The largest absolute Gasteiger partial charge is 0.492 e. The van der Waals surface area contributed by atoms with Gasteiger partial charge in [0.15, 0.2) is 0 Å². The van der Waals surface area contributed by atoms with E-state index in [0.717, 1.165) is 5.75 Å². The van der Waals surface area contributed by atoms with E-state index < -0.39 is 0 Å². The third kappa shape index (κ3) is 4.56. The molecular weight excluding hydrogens is 240 g/mol. The predicted molar refractivity (Wildman–Crippen MR) is 74.9 cm³/mol. The molecule has 1 atom stereocenters. The van der Waals surface area contributed by atoms with E-state index in [0.29, 0.717) is 25.5 Å². The van der Waals surface area contributed by atoms with E-state index in [9.17, 15) is 4.79 Å². The Bertz CT molecular complexity index is 404. The Kier molecular flexibility index (Phi) is 4.80. The number of rotatable bonds is 7. The van der Waals surface area contributed by atoms with Crippen molar-refractivity contribution in [1.29, 1.82) is 0 Å². The molecule has 1 aliphatic rings. The molecule has 4 nitrogen and oxygen atoms in total. The standard InChI is InChI=1S/C15H22N2O2/c1-17(15(18)11-14(16)12-7-8-12)9-10-19-13-5-3-2-4-6-13/h2-6,12,14H,7-11,16H2,1H3. The summed E-state index contributed by atoms with van der Waals surface area (Å²) in [5.41, 5.74) is 5.96. The van der Waals surface area contributed by atoms with Crippen LogP contribution in [-0.2, 0) is 4.79 Å². The van der Waals surface area contributed by atoms with Gasteiger partial charge in [0.1, 0.15) is 12.4 Å². The van der Waals surface area contributed by atoms with Crippen molar-refractivity contribution in [2.24, 2.45) is 11.7 Å². The minimum atomic E-state index is 0.0324. The second-order valence-corrected chi connectivity index (χ2v) is 5.18. The van der Waals surface area contributed by atoms with Crippen molar-refractivity contribution in [2.45, 2.75) is 25.3 Å². The van der Waals surface area contributed by atoms with Crippen molar-refractivity contribution in [3.63, 3.8) is 0 Å². The van der Waals surface area contributed by atoms with Crippen LogP contribution in [0.2, 0.25) is 0 Å². The highest BCUT2D eigenvalue weighted by Gasteiger charge is 2.30. The molecule has 0 aromatic heterocycles. The molecule has 19 heavy (non-hydrogen) atoms. The highest BCUT2D eigenvalue weighted by Crippen LogP contribution is 2.32. The van der Waals surface area contributed by atoms with Crippen LogP contribution in [0.5, 0.6) is 5.75 Å². The summed E-state index contributed by atoms with van der Waals surface area (Å²) in [6.07, 6.45) is 2.80. The van der Waals surface area contributed by atoms with Gasteiger partial charge >= 0.3 is 0 Å². The quantitative estimate of drug-likeness (QED) is 0.813. The van der Waals surface area contributed by atoms with Gasteiger partial charge < -0.3 is 15.4 Å². The van der Waals surface area contributed by atoms with Gasteiger partial charge in [0.2, 0.25) is 5.91 Å². The molecule has 1 aromatic rings. The summed E-state index contributed by atoms with van der Waals surface area (Å²) in [4.78, 5) is 13.6. The molecule has 1 aliphatic carbocycles.